The molecule has 0 aliphatic heterocycles. The Bertz CT molecular complexity index is 1420. The normalized spacial score (nSPS) is 11.9. The lowest BCUT2D eigenvalue weighted by molar-refractivity contribution is -0.139. The summed E-state index contributed by atoms with van der Waals surface area (Å²) in [6.07, 6.45) is 1.13. The molecule has 2 amide bonds. The van der Waals surface area contributed by atoms with E-state index in [0.29, 0.717) is 15.6 Å². The number of carbonyl (C=O) groups is 2. The highest BCUT2D eigenvalue weighted by Gasteiger charge is 2.34. The molecule has 0 heterocycles. The second-order valence-electron chi connectivity index (χ2n) is 8.63. The highest BCUT2D eigenvalue weighted by Crippen LogP contribution is 2.33. The molecule has 0 radical (unpaired) electrons. The van der Waals surface area contributed by atoms with E-state index in [4.69, 9.17) is 39.5 Å². The molecule has 12 heteroatoms. The summed E-state index contributed by atoms with van der Waals surface area (Å²) >= 11 is 19.0. The molecule has 0 aliphatic rings. The van der Waals surface area contributed by atoms with Crippen molar-refractivity contribution >= 4 is 62.3 Å². The maximum absolute atomic E-state index is 14.0. The van der Waals surface area contributed by atoms with E-state index in [1.165, 1.54) is 31.2 Å². The standard InChI is InChI=1S/C27H28Cl3N3O5S/c1-31-27(35)24(14-18-8-5-4-6-9-18)32(16-20-21(29)10-7-11-22(20)30)26(34)17-33(39(3,36)37)23-15-19(28)12-13-25(23)38-2/h4-13,15,24H,14,16-17H2,1-3H3,(H,31,35). The van der Waals surface area contributed by atoms with E-state index in [9.17, 15) is 18.0 Å². The fraction of sp³-hybridized carbons (Fsp3) is 0.259. The second kappa shape index (κ2) is 13.4. The lowest BCUT2D eigenvalue weighted by Gasteiger charge is -2.33. The van der Waals surface area contributed by atoms with E-state index in [1.54, 1.807) is 24.3 Å². The summed E-state index contributed by atoms with van der Waals surface area (Å²) in [5.74, 6) is -0.907. The smallest absolute Gasteiger partial charge is 0.244 e. The molecule has 39 heavy (non-hydrogen) atoms. The van der Waals surface area contributed by atoms with Crippen molar-refractivity contribution in [2.24, 2.45) is 0 Å². The van der Waals surface area contributed by atoms with Crippen molar-refractivity contribution in [3.8, 4) is 5.75 Å². The van der Waals surface area contributed by atoms with Gasteiger partial charge in [-0.15, -0.1) is 0 Å². The molecule has 0 fully saturated rings. The second-order valence-corrected chi connectivity index (χ2v) is 11.8. The van der Waals surface area contributed by atoms with Gasteiger partial charge >= 0.3 is 0 Å². The molecule has 3 aromatic carbocycles. The first-order valence-electron chi connectivity index (χ1n) is 11.7. The summed E-state index contributed by atoms with van der Waals surface area (Å²) in [5, 5.41) is 3.45. The Morgan fingerprint density at radius 2 is 1.62 bits per heavy atom. The SMILES string of the molecule is CNC(=O)C(Cc1ccccc1)N(Cc1c(Cl)cccc1Cl)C(=O)CN(c1cc(Cl)ccc1OC)S(C)(=O)=O. The molecule has 1 atom stereocenters. The fourth-order valence-corrected chi connectivity index (χ4v) is 5.56. The summed E-state index contributed by atoms with van der Waals surface area (Å²) in [5.41, 5.74) is 1.30. The first kappa shape index (κ1) is 30.6. The number of amides is 2. The van der Waals surface area contributed by atoms with Gasteiger partial charge in [-0.1, -0.05) is 71.2 Å². The highest BCUT2D eigenvalue weighted by atomic mass is 35.5. The lowest BCUT2D eigenvalue weighted by atomic mass is 10.0. The number of likely N-dealkylation sites (N-methyl/N-ethyl adjacent to an activating group) is 1. The topological polar surface area (TPSA) is 96.0 Å². The number of rotatable bonds is 11. The van der Waals surface area contributed by atoms with E-state index >= 15 is 0 Å². The van der Waals surface area contributed by atoms with Gasteiger partial charge in [-0.2, -0.15) is 0 Å². The number of hydrogen-bond donors (Lipinski definition) is 1. The van der Waals surface area contributed by atoms with Gasteiger partial charge in [-0.3, -0.25) is 13.9 Å². The fourth-order valence-electron chi connectivity index (χ4n) is 4.03. The molecule has 1 N–H and O–H groups in total. The van der Waals surface area contributed by atoms with Gasteiger partial charge in [0.25, 0.3) is 0 Å². The van der Waals surface area contributed by atoms with E-state index in [2.05, 4.69) is 5.32 Å². The number of methoxy groups -OCH3 is 1. The van der Waals surface area contributed by atoms with E-state index in [1.807, 2.05) is 30.3 Å². The Hall–Kier alpha value is -2.98. The number of carbonyl (C=O) groups excluding carboxylic acids is 2. The first-order chi connectivity index (χ1) is 18.5. The minimum absolute atomic E-state index is 0.0797. The number of benzene rings is 3. The van der Waals surface area contributed by atoms with Crippen molar-refractivity contribution in [1.82, 2.24) is 10.2 Å². The van der Waals surface area contributed by atoms with Gasteiger partial charge in [0.2, 0.25) is 21.8 Å². The molecule has 0 spiro atoms. The van der Waals surface area contributed by atoms with Crippen LogP contribution >= 0.6 is 34.8 Å². The van der Waals surface area contributed by atoms with Crippen molar-refractivity contribution in [3.05, 3.63) is 92.9 Å². The lowest BCUT2D eigenvalue weighted by Crippen LogP contribution is -2.53. The molecule has 208 valence electrons. The maximum Gasteiger partial charge on any atom is 0.244 e. The molecule has 3 rings (SSSR count). The zero-order valence-corrected chi connectivity index (χ0v) is 24.6. The van der Waals surface area contributed by atoms with Crippen molar-refractivity contribution in [2.45, 2.75) is 19.0 Å². The van der Waals surface area contributed by atoms with E-state index in [0.717, 1.165) is 16.1 Å². The minimum Gasteiger partial charge on any atom is -0.495 e. The third-order valence-corrected chi connectivity index (χ3v) is 8.07. The summed E-state index contributed by atoms with van der Waals surface area (Å²) in [6.45, 7) is -0.785. The van der Waals surface area contributed by atoms with Gasteiger partial charge in [0.05, 0.1) is 19.1 Å². The predicted octanol–water partition coefficient (Wildman–Crippen LogP) is 4.81. The van der Waals surface area contributed by atoms with Crippen LogP contribution in [0.3, 0.4) is 0 Å². The van der Waals surface area contributed by atoms with Crippen LogP contribution in [0.2, 0.25) is 15.1 Å². The molecule has 0 saturated carbocycles. The third-order valence-electron chi connectivity index (χ3n) is 6.00. The number of sulfonamides is 1. The van der Waals surface area contributed by atoms with Crippen molar-refractivity contribution in [1.29, 1.82) is 0 Å². The molecule has 0 bridgehead atoms. The van der Waals surface area contributed by atoms with E-state index < -0.39 is 34.4 Å². The van der Waals surface area contributed by atoms with Crippen LogP contribution in [0.1, 0.15) is 11.1 Å². The molecule has 1 unspecified atom stereocenters. The van der Waals surface area contributed by atoms with E-state index in [-0.39, 0.29) is 29.4 Å². The van der Waals surface area contributed by atoms with Gasteiger partial charge in [-0.25, -0.2) is 8.42 Å². The Morgan fingerprint density at radius 1 is 0.974 bits per heavy atom. The summed E-state index contributed by atoms with van der Waals surface area (Å²) in [4.78, 5) is 28.5. The van der Waals surface area contributed by atoms with Gasteiger partial charge in [0.15, 0.2) is 0 Å². The van der Waals surface area contributed by atoms with Gasteiger partial charge in [-0.05, 0) is 35.9 Å². The van der Waals surface area contributed by atoms with Crippen LogP contribution in [0.15, 0.2) is 66.7 Å². The number of hydrogen-bond acceptors (Lipinski definition) is 5. The predicted molar refractivity (Wildman–Crippen MR) is 155 cm³/mol. The average molecular weight is 613 g/mol. The quantitative estimate of drug-likeness (QED) is 0.335. The Kier molecular flexibility index (Phi) is 10.5. The molecule has 8 nitrogen and oxygen atoms in total. The average Bonchev–Trinajstić information content (AvgIpc) is 2.90. The number of nitrogens with one attached hydrogen (secondary N) is 1. The molecule has 0 saturated heterocycles. The zero-order valence-electron chi connectivity index (χ0n) is 21.5. The number of nitrogens with zero attached hydrogens (tertiary/aromatic N) is 2. The monoisotopic (exact) mass is 611 g/mol. The van der Waals surface area contributed by atoms with Crippen LogP contribution < -0.4 is 14.4 Å². The maximum atomic E-state index is 14.0. The first-order valence-corrected chi connectivity index (χ1v) is 14.7. The van der Waals surface area contributed by atoms with Crippen molar-refractivity contribution in [3.63, 3.8) is 0 Å². The summed E-state index contributed by atoms with van der Waals surface area (Å²) in [6, 6.07) is 17.5. The Morgan fingerprint density at radius 3 is 2.18 bits per heavy atom. The minimum atomic E-state index is -4.00. The largest absolute Gasteiger partial charge is 0.495 e. The van der Waals surface area contributed by atoms with Crippen molar-refractivity contribution < 1.29 is 22.7 Å². The number of ether oxygens (including phenoxy) is 1. The summed E-state index contributed by atoms with van der Waals surface area (Å²) < 4.78 is 32.1. The Balaban J connectivity index is 2.12. The van der Waals surface area contributed by atoms with Crippen LogP contribution in [-0.2, 0) is 32.6 Å². The third kappa shape index (κ3) is 7.79. The molecule has 0 aliphatic carbocycles. The van der Waals surface area contributed by atoms with Gasteiger partial charge in [0.1, 0.15) is 18.3 Å². The molecular weight excluding hydrogens is 585 g/mol. The van der Waals surface area contributed by atoms with Gasteiger partial charge in [0, 0.05) is 40.6 Å². The molecule has 0 aromatic heterocycles. The van der Waals surface area contributed by atoms with Crippen LogP contribution in [0.25, 0.3) is 0 Å². The van der Waals surface area contributed by atoms with Gasteiger partial charge < -0.3 is 15.0 Å². The Labute approximate surface area is 243 Å². The molecule has 3 aromatic rings. The van der Waals surface area contributed by atoms with Crippen LogP contribution in [0.4, 0.5) is 5.69 Å². The number of anilines is 1. The highest BCUT2D eigenvalue weighted by molar-refractivity contribution is 7.92. The molecular formula is C27H28Cl3N3O5S. The summed E-state index contributed by atoms with van der Waals surface area (Å²) in [7, 11) is -1.16. The number of halogens is 3. The van der Waals surface area contributed by atoms with Crippen molar-refractivity contribution in [2.75, 3.05) is 31.3 Å². The van der Waals surface area contributed by atoms with Crippen LogP contribution in [0.5, 0.6) is 5.75 Å². The van der Waals surface area contributed by atoms with Crippen LogP contribution in [-0.4, -0.2) is 58.1 Å². The zero-order chi connectivity index (χ0) is 28.7. The van der Waals surface area contributed by atoms with Crippen LogP contribution in [0, 0.1) is 0 Å².